The van der Waals surface area contributed by atoms with Gasteiger partial charge in [-0.1, -0.05) is 6.92 Å². The summed E-state index contributed by atoms with van der Waals surface area (Å²) in [6.07, 6.45) is 4.91. The standard InChI is InChI=1S/C20H20N6/c1-13-7-10-26(12-13)20-16-5-4-15(11-14(16)6-9-22-20)23-19-18-17(24-25-19)3-2-8-21-18/h2-6,8-9,11,13H,7,10,12H2,1H3,(H2,23,24,25). The third-order valence-corrected chi connectivity index (χ3v) is 5.05. The zero-order valence-electron chi connectivity index (χ0n) is 14.6. The summed E-state index contributed by atoms with van der Waals surface area (Å²) in [5.41, 5.74) is 2.75. The molecule has 2 N–H and O–H groups in total. The molecule has 0 amide bonds. The number of benzene rings is 1. The van der Waals surface area contributed by atoms with Gasteiger partial charge in [0.2, 0.25) is 0 Å². The Hall–Kier alpha value is -3.15. The van der Waals surface area contributed by atoms with Crippen LogP contribution in [0.3, 0.4) is 0 Å². The van der Waals surface area contributed by atoms with E-state index < -0.39 is 0 Å². The van der Waals surface area contributed by atoms with Crippen LogP contribution in [0, 0.1) is 5.92 Å². The molecule has 6 nitrogen and oxygen atoms in total. The number of aromatic amines is 1. The predicted molar refractivity (Wildman–Crippen MR) is 105 cm³/mol. The van der Waals surface area contributed by atoms with Crippen molar-refractivity contribution in [3.8, 4) is 0 Å². The molecule has 0 spiro atoms. The van der Waals surface area contributed by atoms with Crippen LogP contribution in [0.15, 0.2) is 48.8 Å². The lowest BCUT2D eigenvalue weighted by Crippen LogP contribution is -2.20. The summed E-state index contributed by atoms with van der Waals surface area (Å²) in [5.74, 6) is 2.56. The zero-order chi connectivity index (χ0) is 17.5. The number of rotatable bonds is 3. The van der Waals surface area contributed by atoms with Crippen molar-refractivity contribution in [3.63, 3.8) is 0 Å². The molecule has 1 aliphatic rings. The number of H-pyrrole nitrogens is 1. The molecule has 1 aromatic carbocycles. The average Bonchev–Trinajstić information content (AvgIpc) is 3.28. The lowest BCUT2D eigenvalue weighted by atomic mass is 10.1. The molecule has 1 fully saturated rings. The highest BCUT2D eigenvalue weighted by Crippen LogP contribution is 2.31. The van der Waals surface area contributed by atoms with E-state index in [1.54, 1.807) is 6.20 Å². The molecule has 26 heavy (non-hydrogen) atoms. The third kappa shape index (κ3) is 2.54. The second kappa shape index (κ2) is 5.98. The molecule has 1 atom stereocenters. The third-order valence-electron chi connectivity index (χ3n) is 5.05. The highest BCUT2D eigenvalue weighted by atomic mass is 15.2. The van der Waals surface area contributed by atoms with Crippen molar-refractivity contribution in [2.45, 2.75) is 13.3 Å². The fourth-order valence-corrected chi connectivity index (χ4v) is 3.70. The number of hydrogen-bond donors (Lipinski definition) is 2. The summed E-state index contributed by atoms with van der Waals surface area (Å²) < 4.78 is 0. The second-order valence-electron chi connectivity index (χ2n) is 7.01. The molecular formula is C20H20N6. The van der Waals surface area contributed by atoms with Gasteiger partial charge in [0.05, 0.1) is 5.52 Å². The van der Waals surface area contributed by atoms with Gasteiger partial charge in [-0.25, -0.2) is 4.98 Å². The van der Waals surface area contributed by atoms with Gasteiger partial charge in [0.1, 0.15) is 11.3 Å². The normalized spacial score (nSPS) is 17.3. The molecule has 0 bridgehead atoms. The van der Waals surface area contributed by atoms with E-state index in [1.807, 2.05) is 18.3 Å². The van der Waals surface area contributed by atoms with Crippen molar-refractivity contribution < 1.29 is 0 Å². The van der Waals surface area contributed by atoms with E-state index in [-0.39, 0.29) is 0 Å². The molecule has 4 aromatic rings. The van der Waals surface area contributed by atoms with Gasteiger partial charge in [-0.05, 0) is 54.1 Å². The zero-order valence-corrected chi connectivity index (χ0v) is 14.6. The van der Waals surface area contributed by atoms with Gasteiger partial charge in [-0.2, -0.15) is 5.10 Å². The SMILES string of the molecule is CC1CCN(c2nccc3cc(Nc4n[nH]c5cccnc45)ccc23)C1. The highest BCUT2D eigenvalue weighted by Gasteiger charge is 2.21. The maximum atomic E-state index is 4.65. The number of fused-ring (bicyclic) bond motifs is 2. The molecule has 1 aliphatic heterocycles. The van der Waals surface area contributed by atoms with E-state index in [0.29, 0.717) is 0 Å². The van der Waals surface area contributed by atoms with Crippen LogP contribution >= 0.6 is 0 Å². The molecule has 0 aliphatic carbocycles. The van der Waals surface area contributed by atoms with Crippen LogP contribution in [0.25, 0.3) is 21.8 Å². The summed E-state index contributed by atoms with van der Waals surface area (Å²) >= 11 is 0. The van der Waals surface area contributed by atoms with Crippen LogP contribution in [-0.2, 0) is 0 Å². The van der Waals surface area contributed by atoms with Crippen molar-refractivity contribution in [2.24, 2.45) is 5.92 Å². The summed E-state index contributed by atoms with van der Waals surface area (Å²) in [6, 6.07) is 12.3. The minimum atomic E-state index is 0.730. The maximum Gasteiger partial charge on any atom is 0.178 e. The first kappa shape index (κ1) is 15.1. The lowest BCUT2D eigenvalue weighted by molar-refractivity contribution is 0.659. The number of pyridine rings is 2. The van der Waals surface area contributed by atoms with Gasteiger partial charge >= 0.3 is 0 Å². The van der Waals surface area contributed by atoms with Crippen molar-refractivity contribution in [1.82, 2.24) is 20.2 Å². The van der Waals surface area contributed by atoms with Crippen LogP contribution in [-0.4, -0.2) is 33.3 Å². The number of nitrogens with one attached hydrogen (secondary N) is 2. The first-order valence-corrected chi connectivity index (χ1v) is 8.98. The number of anilines is 3. The molecule has 0 saturated carbocycles. The minimum Gasteiger partial charge on any atom is -0.356 e. The number of hydrogen-bond acceptors (Lipinski definition) is 5. The van der Waals surface area contributed by atoms with Crippen molar-refractivity contribution in [1.29, 1.82) is 0 Å². The largest absolute Gasteiger partial charge is 0.356 e. The molecule has 3 aromatic heterocycles. The molecule has 1 unspecified atom stereocenters. The fraction of sp³-hybridized carbons (Fsp3) is 0.250. The Morgan fingerprint density at radius 3 is 3.00 bits per heavy atom. The summed E-state index contributed by atoms with van der Waals surface area (Å²) in [5, 5.41) is 13.1. The van der Waals surface area contributed by atoms with E-state index in [0.717, 1.165) is 47.4 Å². The predicted octanol–water partition coefficient (Wildman–Crippen LogP) is 4.10. The van der Waals surface area contributed by atoms with Crippen LogP contribution in [0.5, 0.6) is 0 Å². The summed E-state index contributed by atoms with van der Waals surface area (Å²) in [7, 11) is 0. The lowest BCUT2D eigenvalue weighted by Gasteiger charge is -2.19. The molecule has 4 heterocycles. The van der Waals surface area contributed by atoms with Crippen molar-refractivity contribution >= 4 is 39.1 Å². The van der Waals surface area contributed by atoms with Crippen molar-refractivity contribution in [2.75, 3.05) is 23.3 Å². The Kier molecular flexibility index (Phi) is 3.48. The van der Waals surface area contributed by atoms with Crippen LogP contribution < -0.4 is 10.2 Å². The maximum absolute atomic E-state index is 4.65. The molecule has 5 rings (SSSR count). The summed E-state index contributed by atoms with van der Waals surface area (Å²) in [4.78, 5) is 11.4. The minimum absolute atomic E-state index is 0.730. The van der Waals surface area contributed by atoms with Crippen LogP contribution in [0.4, 0.5) is 17.3 Å². The number of nitrogens with zero attached hydrogens (tertiary/aromatic N) is 4. The Bertz CT molecular complexity index is 1090. The highest BCUT2D eigenvalue weighted by molar-refractivity contribution is 5.95. The van der Waals surface area contributed by atoms with Crippen molar-refractivity contribution in [3.05, 3.63) is 48.8 Å². The van der Waals surface area contributed by atoms with E-state index in [2.05, 4.69) is 61.6 Å². The molecule has 6 heteroatoms. The Balaban J connectivity index is 1.50. The number of aromatic nitrogens is 4. The molecule has 130 valence electrons. The first-order chi connectivity index (χ1) is 12.8. The smallest absolute Gasteiger partial charge is 0.178 e. The topological polar surface area (TPSA) is 69.7 Å². The molecule has 0 radical (unpaired) electrons. The Labute approximate surface area is 151 Å². The summed E-state index contributed by atoms with van der Waals surface area (Å²) in [6.45, 7) is 4.46. The molecular weight excluding hydrogens is 324 g/mol. The second-order valence-corrected chi connectivity index (χ2v) is 7.01. The van der Waals surface area contributed by atoms with E-state index in [9.17, 15) is 0 Å². The van der Waals surface area contributed by atoms with Gasteiger partial charge in [-0.15, -0.1) is 0 Å². The van der Waals surface area contributed by atoms with Gasteiger partial charge in [-0.3, -0.25) is 10.1 Å². The van der Waals surface area contributed by atoms with Gasteiger partial charge in [0.15, 0.2) is 5.82 Å². The average molecular weight is 344 g/mol. The first-order valence-electron chi connectivity index (χ1n) is 8.98. The monoisotopic (exact) mass is 344 g/mol. The van der Waals surface area contributed by atoms with E-state index in [4.69, 9.17) is 0 Å². The Morgan fingerprint density at radius 1 is 1.15 bits per heavy atom. The van der Waals surface area contributed by atoms with E-state index in [1.165, 1.54) is 17.2 Å². The quantitative estimate of drug-likeness (QED) is 0.586. The van der Waals surface area contributed by atoms with Gasteiger partial charge in [0, 0.05) is 36.6 Å². The Morgan fingerprint density at radius 2 is 2.12 bits per heavy atom. The van der Waals surface area contributed by atoms with Crippen LogP contribution in [0.1, 0.15) is 13.3 Å². The van der Waals surface area contributed by atoms with Gasteiger partial charge < -0.3 is 10.2 Å². The van der Waals surface area contributed by atoms with Crippen LogP contribution in [0.2, 0.25) is 0 Å². The van der Waals surface area contributed by atoms with Gasteiger partial charge in [0.25, 0.3) is 0 Å². The fourth-order valence-electron chi connectivity index (χ4n) is 3.70. The van der Waals surface area contributed by atoms with E-state index >= 15 is 0 Å². The molecule has 1 saturated heterocycles.